The number of amides is 1. The van der Waals surface area contributed by atoms with Crippen LogP contribution in [0.1, 0.15) is 53.8 Å². The van der Waals surface area contributed by atoms with Crippen LogP contribution in [-0.2, 0) is 6.54 Å². The highest BCUT2D eigenvalue weighted by Gasteiger charge is 2.22. The summed E-state index contributed by atoms with van der Waals surface area (Å²) < 4.78 is 7.01. The first kappa shape index (κ1) is 17.5. The van der Waals surface area contributed by atoms with Gasteiger partial charge in [0.15, 0.2) is 0 Å². The van der Waals surface area contributed by atoms with E-state index in [-0.39, 0.29) is 5.91 Å². The van der Waals surface area contributed by atoms with Gasteiger partial charge in [0.1, 0.15) is 5.69 Å². The third-order valence-electron chi connectivity index (χ3n) is 5.00. The second-order valence-corrected chi connectivity index (χ2v) is 6.79. The number of carbonyl (C=O) groups excluding carboxylic acids is 1. The van der Waals surface area contributed by atoms with E-state index in [1.807, 2.05) is 18.5 Å². The number of aryl methyl sites for hydroxylation is 1. The average Bonchev–Trinajstić information content (AvgIpc) is 2.89. The normalized spacial score (nSPS) is 15.2. The van der Waals surface area contributed by atoms with Gasteiger partial charge in [0.05, 0.1) is 12.8 Å². The summed E-state index contributed by atoms with van der Waals surface area (Å²) in [7, 11) is 1.56. The molecule has 2 aromatic heterocycles. The molecule has 0 aromatic carbocycles. The zero-order chi connectivity index (χ0) is 17.8. The van der Waals surface area contributed by atoms with Crippen LogP contribution in [0, 0.1) is 19.8 Å². The molecule has 3 rings (SSSR count). The van der Waals surface area contributed by atoms with Crippen molar-refractivity contribution in [3.05, 3.63) is 35.3 Å². The Hall–Kier alpha value is -2.37. The number of anilines is 1. The molecule has 1 aliphatic carbocycles. The van der Waals surface area contributed by atoms with Crippen LogP contribution < -0.4 is 10.1 Å². The maximum atomic E-state index is 12.9. The monoisotopic (exact) mass is 342 g/mol. The Balaban J connectivity index is 1.80. The molecule has 1 amide bonds. The lowest BCUT2D eigenvalue weighted by molar-refractivity contribution is 0.101. The number of pyridine rings is 1. The molecule has 6 heteroatoms. The van der Waals surface area contributed by atoms with Crippen LogP contribution in [0.3, 0.4) is 0 Å². The van der Waals surface area contributed by atoms with Gasteiger partial charge >= 0.3 is 0 Å². The van der Waals surface area contributed by atoms with Crippen LogP contribution in [0.4, 0.5) is 5.69 Å². The molecule has 2 heterocycles. The number of hydrogen-bond donors (Lipinski definition) is 1. The first-order valence-electron chi connectivity index (χ1n) is 8.94. The van der Waals surface area contributed by atoms with Crippen molar-refractivity contribution in [3.63, 3.8) is 0 Å². The summed E-state index contributed by atoms with van der Waals surface area (Å²) in [5.41, 5.74) is 3.17. The van der Waals surface area contributed by atoms with Crippen molar-refractivity contribution in [3.8, 4) is 5.88 Å². The number of carbonyl (C=O) groups is 1. The summed E-state index contributed by atoms with van der Waals surface area (Å²) in [4.78, 5) is 16.9. The minimum Gasteiger partial charge on any atom is -0.481 e. The summed E-state index contributed by atoms with van der Waals surface area (Å²) in [6, 6.07) is 3.46. The predicted molar refractivity (Wildman–Crippen MR) is 97.0 cm³/mol. The minimum absolute atomic E-state index is 0.137. The topological polar surface area (TPSA) is 69.0 Å². The Morgan fingerprint density at radius 1 is 1.32 bits per heavy atom. The first-order chi connectivity index (χ1) is 12.1. The van der Waals surface area contributed by atoms with E-state index in [1.54, 1.807) is 25.4 Å². The standard InChI is InChI=1S/C19H26N4O2/c1-13-14(2)22-23(12-15-7-5-4-6-8-15)18(13)19(24)21-16-9-10-20-17(11-16)25-3/h9-11,15H,4-8,12H2,1-3H3,(H,20,21,24). The van der Waals surface area contributed by atoms with E-state index in [9.17, 15) is 4.79 Å². The number of rotatable bonds is 5. The Kier molecular flexibility index (Phi) is 5.36. The van der Waals surface area contributed by atoms with E-state index in [2.05, 4.69) is 15.4 Å². The van der Waals surface area contributed by atoms with Gasteiger partial charge in [0.25, 0.3) is 5.91 Å². The number of methoxy groups -OCH3 is 1. The Labute approximate surface area is 148 Å². The highest BCUT2D eigenvalue weighted by Crippen LogP contribution is 2.26. The zero-order valence-electron chi connectivity index (χ0n) is 15.2. The highest BCUT2D eigenvalue weighted by molar-refractivity contribution is 6.04. The highest BCUT2D eigenvalue weighted by atomic mass is 16.5. The van der Waals surface area contributed by atoms with E-state index in [1.165, 1.54) is 32.1 Å². The van der Waals surface area contributed by atoms with Gasteiger partial charge in [-0.25, -0.2) is 4.98 Å². The summed E-state index contributed by atoms with van der Waals surface area (Å²) in [5, 5.41) is 7.56. The summed E-state index contributed by atoms with van der Waals surface area (Å²) in [5.74, 6) is 0.948. The maximum absolute atomic E-state index is 12.9. The van der Waals surface area contributed by atoms with Crippen LogP contribution in [0.5, 0.6) is 5.88 Å². The molecule has 0 spiro atoms. The molecule has 6 nitrogen and oxygen atoms in total. The minimum atomic E-state index is -0.137. The molecule has 0 unspecified atom stereocenters. The van der Waals surface area contributed by atoms with Crippen molar-refractivity contribution in [2.75, 3.05) is 12.4 Å². The summed E-state index contributed by atoms with van der Waals surface area (Å²) in [6.45, 7) is 4.73. The fraction of sp³-hybridized carbons (Fsp3) is 0.526. The molecule has 1 N–H and O–H groups in total. The molecular weight excluding hydrogens is 316 g/mol. The van der Waals surface area contributed by atoms with Crippen LogP contribution in [0.25, 0.3) is 0 Å². The smallest absolute Gasteiger partial charge is 0.274 e. The van der Waals surface area contributed by atoms with Gasteiger partial charge in [-0.15, -0.1) is 0 Å². The van der Waals surface area contributed by atoms with E-state index in [0.717, 1.165) is 17.8 Å². The number of nitrogens with zero attached hydrogens (tertiary/aromatic N) is 3. The maximum Gasteiger partial charge on any atom is 0.274 e. The van der Waals surface area contributed by atoms with E-state index < -0.39 is 0 Å². The van der Waals surface area contributed by atoms with Crippen molar-refractivity contribution in [1.29, 1.82) is 0 Å². The van der Waals surface area contributed by atoms with Gasteiger partial charge in [0, 0.05) is 30.1 Å². The second kappa shape index (κ2) is 7.68. The zero-order valence-corrected chi connectivity index (χ0v) is 15.2. The van der Waals surface area contributed by atoms with Gasteiger partial charge in [0.2, 0.25) is 5.88 Å². The van der Waals surface area contributed by atoms with Gasteiger partial charge < -0.3 is 10.1 Å². The lowest BCUT2D eigenvalue weighted by Gasteiger charge is -2.22. The van der Waals surface area contributed by atoms with E-state index >= 15 is 0 Å². The van der Waals surface area contributed by atoms with Crippen molar-refractivity contribution in [2.24, 2.45) is 5.92 Å². The molecule has 0 atom stereocenters. The lowest BCUT2D eigenvalue weighted by Crippen LogP contribution is -2.22. The molecular formula is C19H26N4O2. The quantitative estimate of drug-likeness (QED) is 0.899. The van der Waals surface area contributed by atoms with E-state index in [0.29, 0.717) is 23.2 Å². The molecule has 25 heavy (non-hydrogen) atoms. The van der Waals surface area contributed by atoms with Gasteiger partial charge in [-0.3, -0.25) is 9.48 Å². The Morgan fingerprint density at radius 2 is 2.08 bits per heavy atom. The molecule has 0 saturated heterocycles. The number of hydrogen-bond acceptors (Lipinski definition) is 4. The van der Waals surface area contributed by atoms with Crippen LogP contribution in [-0.4, -0.2) is 27.8 Å². The first-order valence-corrected chi connectivity index (χ1v) is 8.94. The molecule has 1 saturated carbocycles. The second-order valence-electron chi connectivity index (χ2n) is 6.79. The summed E-state index contributed by atoms with van der Waals surface area (Å²) in [6.07, 6.45) is 7.95. The number of nitrogens with one attached hydrogen (secondary N) is 1. The van der Waals surface area contributed by atoms with Crippen LogP contribution in [0.2, 0.25) is 0 Å². The molecule has 134 valence electrons. The van der Waals surface area contributed by atoms with Gasteiger partial charge in [-0.1, -0.05) is 19.3 Å². The van der Waals surface area contributed by atoms with Crippen LogP contribution in [0.15, 0.2) is 18.3 Å². The molecule has 1 aliphatic rings. The molecule has 0 bridgehead atoms. The fourth-order valence-electron chi connectivity index (χ4n) is 3.49. The Bertz CT molecular complexity index is 748. The van der Waals surface area contributed by atoms with Gasteiger partial charge in [-0.05, 0) is 38.7 Å². The molecule has 2 aromatic rings. The third kappa shape index (κ3) is 4.00. The fourth-order valence-corrected chi connectivity index (χ4v) is 3.49. The van der Waals surface area contributed by atoms with Crippen molar-refractivity contribution >= 4 is 11.6 Å². The van der Waals surface area contributed by atoms with Gasteiger partial charge in [-0.2, -0.15) is 5.10 Å². The number of aromatic nitrogens is 3. The van der Waals surface area contributed by atoms with Crippen molar-refractivity contribution < 1.29 is 9.53 Å². The molecule has 1 fully saturated rings. The van der Waals surface area contributed by atoms with Crippen LogP contribution >= 0.6 is 0 Å². The van der Waals surface area contributed by atoms with Crippen molar-refractivity contribution in [2.45, 2.75) is 52.5 Å². The molecule has 0 radical (unpaired) electrons. The largest absolute Gasteiger partial charge is 0.481 e. The van der Waals surface area contributed by atoms with E-state index in [4.69, 9.17) is 4.74 Å². The third-order valence-corrected chi connectivity index (χ3v) is 5.00. The predicted octanol–water partition coefficient (Wildman–Crippen LogP) is 3.74. The summed E-state index contributed by atoms with van der Waals surface area (Å²) >= 11 is 0. The Morgan fingerprint density at radius 3 is 2.80 bits per heavy atom. The molecule has 0 aliphatic heterocycles. The SMILES string of the molecule is COc1cc(NC(=O)c2c(C)c(C)nn2CC2CCCCC2)ccn1. The lowest BCUT2D eigenvalue weighted by atomic mass is 9.89. The van der Waals surface area contributed by atoms with Crippen molar-refractivity contribution in [1.82, 2.24) is 14.8 Å². The number of ether oxygens (including phenoxy) is 1. The average molecular weight is 342 g/mol.